The van der Waals surface area contributed by atoms with Crippen molar-refractivity contribution in [2.45, 2.75) is 26.6 Å². The Morgan fingerprint density at radius 2 is 2.19 bits per heavy atom. The summed E-state index contributed by atoms with van der Waals surface area (Å²) < 4.78 is 22.0. The number of nitrogens with zero attached hydrogens (tertiary/aromatic N) is 4. The van der Waals surface area contributed by atoms with Crippen LogP contribution >= 0.6 is 11.6 Å². The van der Waals surface area contributed by atoms with Crippen LogP contribution in [0.15, 0.2) is 42.7 Å². The Bertz CT molecular complexity index is 924. The molecular weight excluding hydrogens is 373 g/mol. The van der Waals surface area contributed by atoms with E-state index in [2.05, 4.69) is 15.5 Å². The fourth-order valence-electron chi connectivity index (χ4n) is 2.42. The average Bonchev–Trinajstić information content (AvgIpc) is 3.29. The fraction of sp³-hybridized carbons (Fsp3) is 0.278. The van der Waals surface area contributed by atoms with E-state index < -0.39 is 5.82 Å². The van der Waals surface area contributed by atoms with Gasteiger partial charge in [-0.25, -0.2) is 9.07 Å². The van der Waals surface area contributed by atoms with Crippen molar-refractivity contribution in [2.75, 3.05) is 6.54 Å². The monoisotopic (exact) mass is 391 g/mol. The topological polar surface area (TPSA) is 74.0 Å². The molecule has 142 valence electrons. The van der Waals surface area contributed by atoms with E-state index in [9.17, 15) is 9.18 Å². The van der Waals surface area contributed by atoms with Crippen molar-refractivity contribution in [3.05, 3.63) is 65.0 Å². The van der Waals surface area contributed by atoms with Gasteiger partial charge in [0, 0.05) is 37.2 Å². The number of hydrogen-bond acceptors (Lipinski definition) is 4. The molecule has 0 aliphatic rings. The second-order valence-corrected chi connectivity index (χ2v) is 6.30. The number of aryl methyl sites for hydroxylation is 2. The van der Waals surface area contributed by atoms with E-state index in [4.69, 9.17) is 16.3 Å². The number of rotatable bonds is 8. The van der Waals surface area contributed by atoms with Gasteiger partial charge in [-0.3, -0.25) is 9.48 Å². The molecule has 1 amide bonds. The number of hydrogen-bond donors (Lipinski definition) is 1. The van der Waals surface area contributed by atoms with Crippen LogP contribution in [0.5, 0.6) is 5.75 Å². The van der Waals surface area contributed by atoms with Gasteiger partial charge in [0.2, 0.25) is 0 Å². The second-order valence-electron chi connectivity index (χ2n) is 5.89. The van der Waals surface area contributed by atoms with E-state index in [0.717, 1.165) is 18.7 Å². The highest BCUT2D eigenvalue weighted by atomic mass is 35.5. The molecule has 9 heteroatoms. The van der Waals surface area contributed by atoms with Crippen molar-refractivity contribution in [3.63, 3.8) is 0 Å². The minimum atomic E-state index is -0.509. The summed E-state index contributed by atoms with van der Waals surface area (Å²) in [6.45, 7) is 3.32. The van der Waals surface area contributed by atoms with Crippen LogP contribution in [-0.2, 0) is 13.3 Å². The van der Waals surface area contributed by atoms with Crippen LogP contribution in [0.1, 0.15) is 22.6 Å². The predicted molar refractivity (Wildman–Crippen MR) is 98.2 cm³/mol. The predicted octanol–water partition coefficient (Wildman–Crippen LogP) is 3.04. The molecule has 1 aromatic carbocycles. The number of halogens is 2. The third-order valence-corrected chi connectivity index (χ3v) is 4.18. The molecule has 3 rings (SSSR count). The third kappa shape index (κ3) is 5.07. The molecular formula is C18H19ClFN5O2. The van der Waals surface area contributed by atoms with Gasteiger partial charge < -0.3 is 10.1 Å². The summed E-state index contributed by atoms with van der Waals surface area (Å²) in [5.74, 6) is -0.350. The number of benzene rings is 1. The van der Waals surface area contributed by atoms with Crippen molar-refractivity contribution >= 4 is 17.5 Å². The second kappa shape index (κ2) is 8.68. The van der Waals surface area contributed by atoms with E-state index in [0.29, 0.717) is 18.0 Å². The van der Waals surface area contributed by atoms with Crippen LogP contribution in [0.3, 0.4) is 0 Å². The molecule has 2 heterocycles. The lowest BCUT2D eigenvalue weighted by Gasteiger charge is -2.07. The Morgan fingerprint density at radius 3 is 2.93 bits per heavy atom. The van der Waals surface area contributed by atoms with Gasteiger partial charge in [0.05, 0.1) is 5.02 Å². The Morgan fingerprint density at radius 1 is 1.33 bits per heavy atom. The maximum Gasteiger partial charge on any atom is 0.271 e. The zero-order valence-corrected chi connectivity index (χ0v) is 15.5. The first-order valence-electron chi connectivity index (χ1n) is 8.41. The number of ether oxygens (including phenoxy) is 1. The van der Waals surface area contributed by atoms with Gasteiger partial charge in [0.1, 0.15) is 17.3 Å². The first-order chi connectivity index (χ1) is 13.0. The zero-order chi connectivity index (χ0) is 19.2. The first-order valence-corrected chi connectivity index (χ1v) is 8.78. The smallest absolute Gasteiger partial charge is 0.271 e. The first kappa shape index (κ1) is 18.9. The minimum absolute atomic E-state index is 0.0154. The summed E-state index contributed by atoms with van der Waals surface area (Å²) in [5, 5.41) is 11.2. The van der Waals surface area contributed by atoms with Crippen molar-refractivity contribution in [2.24, 2.45) is 0 Å². The third-order valence-electron chi connectivity index (χ3n) is 3.89. The van der Waals surface area contributed by atoms with E-state index in [1.807, 2.05) is 17.7 Å². The molecule has 0 radical (unpaired) electrons. The van der Waals surface area contributed by atoms with E-state index >= 15 is 0 Å². The largest absolute Gasteiger partial charge is 0.471 e. The molecule has 0 aliphatic carbocycles. The molecule has 2 aromatic heterocycles. The van der Waals surface area contributed by atoms with Gasteiger partial charge in [-0.05, 0) is 37.6 Å². The summed E-state index contributed by atoms with van der Waals surface area (Å²) in [4.78, 5) is 12.1. The number of carbonyl (C=O) groups is 1. The number of amides is 1. The van der Waals surface area contributed by atoms with Gasteiger partial charge >= 0.3 is 0 Å². The highest BCUT2D eigenvalue weighted by molar-refractivity contribution is 6.30. The lowest BCUT2D eigenvalue weighted by Crippen LogP contribution is -2.26. The van der Waals surface area contributed by atoms with Gasteiger partial charge in [-0.15, -0.1) is 0 Å². The SMILES string of the molecule is Cc1ccnn1CCCNC(=O)c1ccn(COc2ccc(F)c(Cl)c2)n1. The highest BCUT2D eigenvalue weighted by Crippen LogP contribution is 2.21. The lowest BCUT2D eigenvalue weighted by atomic mass is 10.3. The van der Waals surface area contributed by atoms with Gasteiger partial charge in [-0.2, -0.15) is 10.2 Å². The highest BCUT2D eigenvalue weighted by Gasteiger charge is 2.09. The lowest BCUT2D eigenvalue weighted by molar-refractivity contribution is 0.0945. The molecule has 0 fully saturated rings. The standard InChI is InChI=1S/C18H19ClFN5O2/c1-13-5-8-22-25(13)9-2-7-21-18(26)17-6-10-24(23-17)12-27-14-3-4-16(20)15(19)11-14/h3-6,8,10-11H,2,7,9,12H2,1H3,(H,21,26). The van der Waals surface area contributed by atoms with Gasteiger partial charge in [0.15, 0.2) is 6.73 Å². The summed E-state index contributed by atoms with van der Waals surface area (Å²) in [6, 6.07) is 7.63. The maximum atomic E-state index is 13.1. The molecule has 27 heavy (non-hydrogen) atoms. The molecule has 0 atom stereocenters. The van der Waals surface area contributed by atoms with E-state index in [1.54, 1.807) is 18.5 Å². The van der Waals surface area contributed by atoms with E-state index in [-0.39, 0.29) is 17.7 Å². The molecule has 0 bridgehead atoms. The quantitative estimate of drug-likeness (QED) is 0.599. The Balaban J connectivity index is 1.44. The van der Waals surface area contributed by atoms with Crippen molar-refractivity contribution in [3.8, 4) is 5.75 Å². The minimum Gasteiger partial charge on any atom is -0.471 e. The summed E-state index contributed by atoms with van der Waals surface area (Å²) in [5.41, 5.74) is 1.38. The normalized spacial score (nSPS) is 10.8. The van der Waals surface area contributed by atoms with Crippen molar-refractivity contribution in [1.82, 2.24) is 24.9 Å². The van der Waals surface area contributed by atoms with Gasteiger partial charge in [-0.1, -0.05) is 11.6 Å². The summed E-state index contributed by atoms with van der Waals surface area (Å²) >= 11 is 5.71. The molecule has 0 saturated carbocycles. The number of nitrogens with one attached hydrogen (secondary N) is 1. The average molecular weight is 392 g/mol. The summed E-state index contributed by atoms with van der Waals surface area (Å²) in [7, 11) is 0. The van der Waals surface area contributed by atoms with Crippen molar-refractivity contribution < 1.29 is 13.9 Å². The number of aromatic nitrogens is 4. The molecule has 1 N–H and O–H groups in total. The fourth-order valence-corrected chi connectivity index (χ4v) is 2.59. The zero-order valence-electron chi connectivity index (χ0n) is 14.7. The molecule has 0 aliphatic heterocycles. The maximum absolute atomic E-state index is 13.1. The Labute approximate surface area is 160 Å². The van der Waals surface area contributed by atoms with Crippen LogP contribution < -0.4 is 10.1 Å². The van der Waals surface area contributed by atoms with Crippen LogP contribution in [0, 0.1) is 12.7 Å². The summed E-state index contributed by atoms with van der Waals surface area (Å²) in [6.07, 6.45) is 4.15. The van der Waals surface area contributed by atoms with Crippen LogP contribution in [-0.4, -0.2) is 32.0 Å². The molecule has 0 saturated heterocycles. The Kier molecular flexibility index (Phi) is 6.08. The molecule has 7 nitrogen and oxygen atoms in total. The van der Waals surface area contributed by atoms with Gasteiger partial charge in [0.25, 0.3) is 5.91 Å². The van der Waals surface area contributed by atoms with Crippen LogP contribution in [0.4, 0.5) is 4.39 Å². The number of carbonyl (C=O) groups excluding carboxylic acids is 1. The molecule has 3 aromatic rings. The molecule has 0 unspecified atom stereocenters. The van der Waals surface area contributed by atoms with Crippen molar-refractivity contribution in [1.29, 1.82) is 0 Å². The van der Waals surface area contributed by atoms with E-state index in [1.165, 1.54) is 22.9 Å². The Hall–Kier alpha value is -2.87. The van der Waals surface area contributed by atoms with Crippen LogP contribution in [0.25, 0.3) is 0 Å². The molecule has 0 spiro atoms. The van der Waals surface area contributed by atoms with Crippen LogP contribution in [0.2, 0.25) is 5.02 Å².